The lowest BCUT2D eigenvalue weighted by molar-refractivity contribution is -0.115. The molecule has 1 atom stereocenters. The van der Waals surface area contributed by atoms with Crippen LogP contribution in [0.2, 0.25) is 0 Å². The van der Waals surface area contributed by atoms with E-state index in [1.807, 2.05) is 55.6 Å². The summed E-state index contributed by atoms with van der Waals surface area (Å²) in [4.78, 5) is 16.7. The number of thiazole rings is 1. The SMILES string of the molecule is Cc1csc(S[C@H](C)C(=O)Nc2ccc3ccccc3c2)n1. The van der Waals surface area contributed by atoms with Crippen LogP contribution in [0.4, 0.5) is 5.69 Å². The van der Waals surface area contributed by atoms with Gasteiger partial charge >= 0.3 is 0 Å². The van der Waals surface area contributed by atoms with E-state index in [-0.39, 0.29) is 11.2 Å². The van der Waals surface area contributed by atoms with Crippen molar-refractivity contribution in [1.29, 1.82) is 0 Å². The lowest BCUT2D eigenvalue weighted by Gasteiger charge is -2.11. The lowest BCUT2D eigenvalue weighted by atomic mass is 10.1. The predicted molar refractivity (Wildman–Crippen MR) is 94.7 cm³/mol. The molecule has 0 saturated heterocycles. The van der Waals surface area contributed by atoms with E-state index >= 15 is 0 Å². The molecule has 0 radical (unpaired) electrons. The quantitative estimate of drug-likeness (QED) is 0.704. The van der Waals surface area contributed by atoms with E-state index in [0.29, 0.717) is 0 Å². The number of amides is 1. The molecule has 3 aromatic rings. The first kappa shape index (κ1) is 15.1. The zero-order valence-corrected chi connectivity index (χ0v) is 14.0. The van der Waals surface area contributed by atoms with Gasteiger partial charge in [-0.3, -0.25) is 4.79 Å². The van der Waals surface area contributed by atoms with Gasteiger partial charge in [0.1, 0.15) is 0 Å². The van der Waals surface area contributed by atoms with Crippen LogP contribution < -0.4 is 5.32 Å². The smallest absolute Gasteiger partial charge is 0.237 e. The first-order valence-corrected chi connectivity index (χ1v) is 8.76. The van der Waals surface area contributed by atoms with Gasteiger partial charge in [-0.2, -0.15) is 0 Å². The van der Waals surface area contributed by atoms with Gasteiger partial charge in [-0.05, 0) is 36.8 Å². The van der Waals surface area contributed by atoms with Crippen LogP contribution in [-0.4, -0.2) is 16.1 Å². The number of carbonyl (C=O) groups excluding carboxylic acids is 1. The van der Waals surface area contributed by atoms with Crippen molar-refractivity contribution in [1.82, 2.24) is 4.98 Å². The van der Waals surface area contributed by atoms with Crippen molar-refractivity contribution >= 4 is 45.5 Å². The minimum absolute atomic E-state index is 0.00636. The van der Waals surface area contributed by atoms with Crippen molar-refractivity contribution in [3.8, 4) is 0 Å². The molecule has 3 nitrogen and oxygen atoms in total. The highest BCUT2D eigenvalue weighted by atomic mass is 32.2. The second kappa shape index (κ2) is 6.50. The molecule has 0 spiro atoms. The maximum Gasteiger partial charge on any atom is 0.237 e. The first-order chi connectivity index (χ1) is 10.6. The topological polar surface area (TPSA) is 42.0 Å². The van der Waals surface area contributed by atoms with E-state index in [0.717, 1.165) is 21.1 Å². The summed E-state index contributed by atoms with van der Waals surface area (Å²) in [6, 6.07) is 14.1. The van der Waals surface area contributed by atoms with E-state index < -0.39 is 0 Å². The molecule has 1 aromatic heterocycles. The Morgan fingerprint density at radius 1 is 1.23 bits per heavy atom. The van der Waals surface area contributed by atoms with Crippen molar-refractivity contribution in [3.05, 3.63) is 53.5 Å². The summed E-state index contributed by atoms with van der Waals surface area (Å²) in [7, 11) is 0. The molecule has 0 aliphatic carbocycles. The fraction of sp³-hybridized carbons (Fsp3) is 0.176. The largest absolute Gasteiger partial charge is 0.325 e. The van der Waals surface area contributed by atoms with Crippen LogP contribution in [0, 0.1) is 6.92 Å². The number of carbonyl (C=O) groups is 1. The Morgan fingerprint density at radius 3 is 2.73 bits per heavy atom. The van der Waals surface area contributed by atoms with Crippen LogP contribution in [0.3, 0.4) is 0 Å². The second-order valence-corrected chi connectivity index (χ2v) is 7.51. The van der Waals surface area contributed by atoms with Gasteiger partial charge < -0.3 is 5.32 Å². The predicted octanol–water partition coefficient (Wildman–Crippen LogP) is 4.72. The molecule has 0 saturated carbocycles. The number of hydrogen-bond donors (Lipinski definition) is 1. The van der Waals surface area contributed by atoms with Crippen LogP contribution in [-0.2, 0) is 4.79 Å². The number of benzene rings is 2. The molecular weight excluding hydrogens is 312 g/mol. The molecule has 0 bridgehead atoms. The zero-order chi connectivity index (χ0) is 15.5. The van der Waals surface area contributed by atoms with E-state index in [4.69, 9.17) is 0 Å². The summed E-state index contributed by atoms with van der Waals surface area (Å²) in [5, 5.41) is 7.08. The molecule has 0 aliphatic heterocycles. The van der Waals surface area contributed by atoms with Crippen LogP contribution >= 0.6 is 23.1 Å². The Morgan fingerprint density at radius 2 is 2.00 bits per heavy atom. The normalized spacial score (nSPS) is 12.3. The van der Waals surface area contributed by atoms with Gasteiger partial charge in [-0.25, -0.2) is 4.98 Å². The van der Waals surface area contributed by atoms with Crippen LogP contribution in [0.1, 0.15) is 12.6 Å². The summed E-state index contributed by atoms with van der Waals surface area (Å²) >= 11 is 3.07. The minimum Gasteiger partial charge on any atom is -0.325 e. The lowest BCUT2D eigenvalue weighted by Crippen LogP contribution is -2.22. The molecule has 1 heterocycles. The molecule has 0 unspecified atom stereocenters. The fourth-order valence-corrected chi connectivity index (χ4v) is 4.09. The van der Waals surface area contributed by atoms with E-state index in [1.54, 1.807) is 11.3 Å². The van der Waals surface area contributed by atoms with Gasteiger partial charge in [0.15, 0.2) is 4.34 Å². The average Bonchev–Trinajstić information content (AvgIpc) is 2.92. The number of hydrogen-bond acceptors (Lipinski definition) is 4. The molecule has 1 amide bonds. The number of nitrogens with zero attached hydrogens (tertiary/aromatic N) is 1. The number of nitrogens with one attached hydrogen (secondary N) is 1. The summed E-state index contributed by atoms with van der Waals surface area (Å²) in [5.74, 6) is -0.00636. The summed E-state index contributed by atoms with van der Waals surface area (Å²) in [6.07, 6.45) is 0. The Labute approximate surface area is 137 Å². The van der Waals surface area contributed by atoms with Gasteiger partial charge in [-0.1, -0.05) is 42.1 Å². The third kappa shape index (κ3) is 3.48. The van der Waals surface area contributed by atoms with Crippen molar-refractivity contribution < 1.29 is 4.79 Å². The minimum atomic E-state index is -0.183. The third-order valence-corrected chi connectivity index (χ3v) is 5.45. The molecule has 0 aliphatic rings. The molecule has 22 heavy (non-hydrogen) atoms. The van der Waals surface area contributed by atoms with E-state index in [2.05, 4.69) is 16.4 Å². The van der Waals surface area contributed by atoms with Gasteiger partial charge in [0.05, 0.1) is 5.25 Å². The number of anilines is 1. The number of thioether (sulfide) groups is 1. The maximum atomic E-state index is 12.3. The zero-order valence-electron chi connectivity index (χ0n) is 12.4. The van der Waals surface area contributed by atoms with Crippen LogP contribution in [0.25, 0.3) is 10.8 Å². The maximum absolute atomic E-state index is 12.3. The summed E-state index contributed by atoms with van der Waals surface area (Å²) in [5.41, 5.74) is 1.82. The number of aromatic nitrogens is 1. The fourth-order valence-electron chi connectivity index (χ4n) is 2.10. The van der Waals surface area contributed by atoms with Crippen molar-refractivity contribution in [3.63, 3.8) is 0 Å². The standard InChI is InChI=1S/C17H16N2OS2/c1-11-10-21-17(18-11)22-12(2)16(20)19-15-8-7-13-5-3-4-6-14(13)9-15/h3-10,12H,1-2H3,(H,19,20)/t12-/m1/s1. The number of rotatable bonds is 4. The Kier molecular flexibility index (Phi) is 4.45. The summed E-state index contributed by atoms with van der Waals surface area (Å²) < 4.78 is 0.929. The highest BCUT2D eigenvalue weighted by Crippen LogP contribution is 2.27. The van der Waals surface area contributed by atoms with Crippen molar-refractivity contribution in [2.45, 2.75) is 23.4 Å². The van der Waals surface area contributed by atoms with Crippen molar-refractivity contribution in [2.75, 3.05) is 5.32 Å². The molecule has 3 rings (SSSR count). The molecule has 2 aromatic carbocycles. The van der Waals surface area contributed by atoms with Gasteiger partial charge in [0.2, 0.25) is 5.91 Å². The first-order valence-electron chi connectivity index (χ1n) is 7.00. The second-order valence-electron chi connectivity index (χ2n) is 5.07. The highest BCUT2D eigenvalue weighted by Gasteiger charge is 2.16. The Hall–Kier alpha value is -1.85. The Balaban J connectivity index is 1.69. The third-order valence-electron chi connectivity index (χ3n) is 3.26. The summed E-state index contributed by atoms with van der Waals surface area (Å²) in [6.45, 7) is 3.86. The van der Waals surface area contributed by atoms with Gasteiger partial charge in [0.25, 0.3) is 0 Å². The molecule has 0 fully saturated rings. The van der Waals surface area contributed by atoms with Gasteiger partial charge in [-0.15, -0.1) is 11.3 Å². The van der Waals surface area contributed by atoms with Crippen LogP contribution in [0.5, 0.6) is 0 Å². The molecule has 112 valence electrons. The average molecular weight is 328 g/mol. The van der Waals surface area contributed by atoms with Gasteiger partial charge in [0, 0.05) is 16.8 Å². The van der Waals surface area contributed by atoms with E-state index in [9.17, 15) is 4.79 Å². The van der Waals surface area contributed by atoms with Crippen LogP contribution in [0.15, 0.2) is 52.2 Å². The highest BCUT2D eigenvalue weighted by molar-refractivity contribution is 8.02. The van der Waals surface area contributed by atoms with Crippen molar-refractivity contribution in [2.24, 2.45) is 0 Å². The molecular formula is C17H16N2OS2. The number of fused-ring (bicyclic) bond motifs is 1. The monoisotopic (exact) mass is 328 g/mol. The Bertz CT molecular complexity index is 813. The van der Waals surface area contributed by atoms with E-state index in [1.165, 1.54) is 17.1 Å². The molecule has 1 N–H and O–H groups in total. The molecule has 5 heteroatoms. The number of aryl methyl sites for hydroxylation is 1.